The zero-order chi connectivity index (χ0) is 12.4. The maximum atomic E-state index is 5.79. The molecule has 5 heteroatoms. The summed E-state index contributed by atoms with van der Waals surface area (Å²) in [6, 6.07) is 7.77. The summed E-state index contributed by atoms with van der Waals surface area (Å²) >= 11 is 1.67. The van der Waals surface area contributed by atoms with Crippen molar-refractivity contribution in [1.82, 2.24) is 0 Å². The van der Waals surface area contributed by atoms with Gasteiger partial charge in [-0.1, -0.05) is 6.07 Å². The topological polar surface area (TPSA) is 53.7 Å². The fraction of sp³-hybridized carbons (Fsp3) is 0.231. The van der Waals surface area contributed by atoms with Crippen LogP contribution < -0.4 is 19.9 Å². The average molecular weight is 263 g/mol. The van der Waals surface area contributed by atoms with E-state index in [-0.39, 0.29) is 6.79 Å². The van der Waals surface area contributed by atoms with E-state index in [4.69, 9.17) is 19.9 Å². The molecule has 1 aliphatic heterocycles. The molecule has 0 unspecified atom stereocenters. The number of benzene rings is 1. The maximum absolute atomic E-state index is 5.79. The second kappa shape index (κ2) is 4.88. The largest absolute Gasteiger partial charge is 0.488 e. The molecule has 4 nitrogen and oxygen atoms in total. The Hall–Kier alpha value is -1.72. The smallest absolute Gasteiger partial charge is 0.231 e. The summed E-state index contributed by atoms with van der Waals surface area (Å²) in [5.74, 6) is 2.21. The second-order valence-corrected chi connectivity index (χ2v) is 4.92. The highest BCUT2D eigenvalue weighted by atomic mass is 32.1. The van der Waals surface area contributed by atoms with Gasteiger partial charge in [-0.2, -0.15) is 0 Å². The van der Waals surface area contributed by atoms with Crippen LogP contribution in [0.15, 0.2) is 29.6 Å². The number of hydrogen-bond donors (Lipinski definition) is 1. The minimum absolute atomic E-state index is 0.258. The van der Waals surface area contributed by atoms with Gasteiger partial charge in [0.15, 0.2) is 11.5 Å². The molecule has 0 aliphatic carbocycles. The van der Waals surface area contributed by atoms with E-state index < -0.39 is 0 Å². The molecule has 2 heterocycles. The molecule has 0 spiro atoms. The van der Waals surface area contributed by atoms with Crippen LogP contribution in [0, 0.1) is 0 Å². The molecule has 94 valence electrons. The van der Waals surface area contributed by atoms with Gasteiger partial charge in [-0.3, -0.25) is 0 Å². The van der Waals surface area contributed by atoms with Gasteiger partial charge in [-0.15, -0.1) is 11.3 Å². The van der Waals surface area contributed by atoms with Gasteiger partial charge in [0.2, 0.25) is 6.79 Å². The second-order valence-electron chi connectivity index (χ2n) is 3.89. The monoisotopic (exact) mass is 263 g/mol. The normalized spacial score (nSPS) is 12.7. The summed E-state index contributed by atoms with van der Waals surface area (Å²) in [7, 11) is 0. The Morgan fingerprint density at radius 3 is 2.83 bits per heavy atom. The summed E-state index contributed by atoms with van der Waals surface area (Å²) in [5.41, 5.74) is 6.65. The van der Waals surface area contributed by atoms with Crippen molar-refractivity contribution >= 4 is 11.3 Å². The van der Waals surface area contributed by atoms with Crippen LogP contribution in [0.3, 0.4) is 0 Å². The summed E-state index contributed by atoms with van der Waals surface area (Å²) < 4.78 is 16.4. The van der Waals surface area contributed by atoms with E-state index in [0.29, 0.717) is 18.9 Å². The molecule has 0 saturated heterocycles. The number of hydrogen-bond acceptors (Lipinski definition) is 5. The molecule has 0 bridgehead atoms. The summed E-state index contributed by atoms with van der Waals surface area (Å²) in [6.07, 6.45) is 0. The molecule has 1 aromatic carbocycles. The van der Waals surface area contributed by atoms with E-state index in [1.807, 2.05) is 29.6 Å². The molecule has 1 aromatic heterocycles. The minimum Gasteiger partial charge on any atom is -0.488 e. The molecule has 3 rings (SSSR count). The Bertz CT molecular complexity index is 539. The third-order valence-corrected chi connectivity index (χ3v) is 3.58. The van der Waals surface area contributed by atoms with Crippen molar-refractivity contribution in [2.45, 2.75) is 13.2 Å². The van der Waals surface area contributed by atoms with Crippen molar-refractivity contribution in [3.05, 3.63) is 40.1 Å². The lowest BCUT2D eigenvalue weighted by Crippen LogP contribution is -2.02. The Balaban J connectivity index is 1.82. The zero-order valence-corrected chi connectivity index (χ0v) is 10.5. The molecule has 2 N–H and O–H groups in total. The van der Waals surface area contributed by atoms with Gasteiger partial charge in [-0.05, 0) is 17.5 Å². The maximum Gasteiger partial charge on any atom is 0.231 e. The van der Waals surface area contributed by atoms with Gasteiger partial charge in [0, 0.05) is 23.1 Å². The number of rotatable bonds is 4. The van der Waals surface area contributed by atoms with Crippen LogP contribution >= 0.6 is 11.3 Å². The van der Waals surface area contributed by atoms with Gasteiger partial charge in [0.25, 0.3) is 0 Å². The van der Waals surface area contributed by atoms with Crippen molar-refractivity contribution in [2.75, 3.05) is 6.79 Å². The zero-order valence-electron chi connectivity index (χ0n) is 9.72. The first-order chi connectivity index (χ1) is 8.86. The van der Waals surface area contributed by atoms with Crippen molar-refractivity contribution in [3.63, 3.8) is 0 Å². The number of thiophene rings is 1. The fourth-order valence-electron chi connectivity index (χ4n) is 1.80. The van der Waals surface area contributed by atoms with Crippen LogP contribution in [0.4, 0.5) is 0 Å². The highest BCUT2D eigenvalue weighted by Crippen LogP contribution is 2.38. The van der Waals surface area contributed by atoms with Gasteiger partial charge >= 0.3 is 0 Å². The van der Waals surface area contributed by atoms with Crippen molar-refractivity contribution in [3.8, 4) is 17.2 Å². The molecule has 0 amide bonds. The number of ether oxygens (including phenoxy) is 3. The van der Waals surface area contributed by atoms with E-state index in [1.54, 1.807) is 11.3 Å². The highest BCUT2D eigenvalue weighted by Gasteiger charge is 2.17. The third kappa shape index (κ3) is 2.14. The predicted octanol–water partition coefficient (Wildman–Crippen LogP) is 2.51. The Morgan fingerprint density at radius 1 is 1.28 bits per heavy atom. The molecule has 0 saturated carbocycles. The summed E-state index contributed by atoms with van der Waals surface area (Å²) in [4.78, 5) is 1.18. The molecular weight excluding hydrogens is 250 g/mol. The standard InChI is InChI=1S/C13H13NO3S/c14-6-9-4-12-13(17-8-16-12)5-11(9)15-7-10-2-1-3-18-10/h1-5H,6-8,14H2. The molecule has 0 atom stereocenters. The summed E-state index contributed by atoms with van der Waals surface area (Å²) in [5, 5.41) is 2.03. The van der Waals surface area contributed by atoms with Gasteiger partial charge in [0.05, 0.1) is 0 Å². The average Bonchev–Trinajstić information content (AvgIpc) is 3.05. The highest BCUT2D eigenvalue weighted by molar-refractivity contribution is 7.09. The lowest BCUT2D eigenvalue weighted by molar-refractivity contribution is 0.173. The predicted molar refractivity (Wildman–Crippen MR) is 69.1 cm³/mol. The lowest BCUT2D eigenvalue weighted by Gasteiger charge is -2.10. The molecule has 0 radical (unpaired) electrons. The molecular formula is C13H13NO3S. The van der Waals surface area contributed by atoms with Crippen LogP contribution in [0.25, 0.3) is 0 Å². The van der Waals surface area contributed by atoms with Gasteiger partial charge in [0.1, 0.15) is 12.4 Å². The quantitative estimate of drug-likeness (QED) is 0.921. The van der Waals surface area contributed by atoms with Crippen LogP contribution in [0.2, 0.25) is 0 Å². The van der Waals surface area contributed by atoms with E-state index in [2.05, 4.69) is 0 Å². The first-order valence-electron chi connectivity index (χ1n) is 5.64. The first-order valence-corrected chi connectivity index (χ1v) is 6.52. The molecule has 18 heavy (non-hydrogen) atoms. The number of fused-ring (bicyclic) bond motifs is 1. The Morgan fingerprint density at radius 2 is 2.11 bits per heavy atom. The van der Waals surface area contributed by atoms with E-state index >= 15 is 0 Å². The van der Waals surface area contributed by atoms with Crippen LogP contribution in [-0.2, 0) is 13.2 Å². The van der Waals surface area contributed by atoms with Crippen molar-refractivity contribution in [1.29, 1.82) is 0 Å². The van der Waals surface area contributed by atoms with Crippen molar-refractivity contribution < 1.29 is 14.2 Å². The number of nitrogens with two attached hydrogens (primary N) is 1. The first kappa shape index (κ1) is 11.4. The van der Waals surface area contributed by atoms with E-state index in [9.17, 15) is 0 Å². The Labute approximate surface area is 109 Å². The van der Waals surface area contributed by atoms with E-state index in [1.165, 1.54) is 4.88 Å². The van der Waals surface area contributed by atoms with Crippen LogP contribution in [0.5, 0.6) is 17.2 Å². The van der Waals surface area contributed by atoms with Crippen LogP contribution in [-0.4, -0.2) is 6.79 Å². The van der Waals surface area contributed by atoms with Crippen molar-refractivity contribution in [2.24, 2.45) is 5.73 Å². The van der Waals surface area contributed by atoms with E-state index in [0.717, 1.165) is 17.1 Å². The molecule has 1 aliphatic rings. The lowest BCUT2D eigenvalue weighted by atomic mass is 10.2. The minimum atomic E-state index is 0.258. The third-order valence-electron chi connectivity index (χ3n) is 2.73. The SMILES string of the molecule is NCc1cc2c(cc1OCc1cccs1)OCO2. The molecule has 2 aromatic rings. The Kier molecular flexibility index (Phi) is 3.08. The molecule has 0 fully saturated rings. The summed E-state index contributed by atoms with van der Waals surface area (Å²) in [6.45, 7) is 1.22. The fourth-order valence-corrected chi connectivity index (χ4v) is 2.42. The van der Waals surface area contributed by atoms with Gasteiger partial charge in [-0.25, -0.2) is 0 Å². The van der Waals surface area contributed by atoms with Crippen LogP contribution in [0.1, 0.15) is 10.4 Å². The van der Waals surface area contributed by atoms with Gasteiger partial charge < -0.3 is 19.9 Å².